The zero-order valence-electron chi connectivity index (χ0n) is 19.6. The Labute approximate surface area is 178 Å². The fraction of sp³-hybridized carbons (Fsp3) is 0.591. The lowest BCUT2D eigenvalue weighted by molar-refractivity contribution is -0.109. The van der Waals surface area contributed by atoms with E-state index in [2.05, 4.69) is 49.8 Å². The predicted octanol–water partition coefficient (Wildman–Crippen LogP) is 3.46. The Bertz CT molecular complexity index is 537. The minimum atomic E-state index is 0.435. The third-order valence-electron chi connectivity index (χ3n) is 2.31. The van der Waals surface area contributed by atoms with Gasteiger partial charge >= 0.3 is 0 Å². The maximum atomic E-state index is 9.45. The molecule has 1 rings (SSSR count). The first-order chi connectivity index (χ1) is 13.8. The average molecular weight is 409 g/mol. The molecule has 1 aliphatic heterocycles. The van der Waals surface area contributed by atoms with Crippen LogP contribution in [-0.2, 0) is 4.79 Å². The number of rotatable bonds is 4. The molecule has 0 saturated heterocycles. The minimum absolute atomic E-state index is 0.435. The highest BCUT2D eigenvalue weighted by molar-refractivity contribution is 5.90. The fourth-order valence-electron chi connectivity index (χ4n) is 1.36. The van der Waals surface area contributed by atoms with E-state index in [0.717, 1.165) is 24.8 Å². The van der Waals surface area contributed by atoms with E-state index >= 15 is 0 Å². The van der Waals surface area contributed by atoms with Crippen molar-refractivity contribution in [1.29, 1.82) is 5.41 Å². The van der Waals surface area contributed by atoms with E-state index in [1.54, 1.807) is 13.0 Å². The van der Waals surface area contributed by atoms with E-state index in [1.165, 1.54) is 12.8 Å². The number of hydrogen-bond donors (Lipinski definition) is 5. The molecule has 0 unspecified atom stereocenters. The van der Waals surface area contributed by atoms with Crippen LogP contribution in [-0.4, -0.2) is 31.5 Å². The number of nitrogens with one attached hydrogen (secondary N) is 2. The van der Waals surface area contributed by atoms with Crippen LogP contribution in [0.2, 0.25) is 0 Å². The molecule has 0 aromatic carbocycles. The Balaban J connectivity index is -0.000000155. The molecular weight excluding hydrogens is 364 g/mol. The zero-order valence-corrected chi connectivity index (χ0v) is 19.6. The van der Waals surface area contributed by atoms with Gasteiger partial charge in [-0.3, -0.25) is 4.79 Å². The van der Waals surface area contributed by atoms with Gasteiger partial charge < -0.3 is 27.9 Å². The number of hydrogen-bond acceptors (Lipinski definition) is 6. The van der Waals surface area contributed by atoms with Crippen LogP contribution in [0.1, 0.15) is 74.1 Å². The number of aliphatic imine (C=N–C) groups is 1. The molecule has 0 radical (unpaired) electrons. The van der Waals surface area contributed by atoms with Gasteiger partial charge in [-0.05, 0) is 26.3 Å². The third-order valence-corrected chi connectivity index (χ3v) is 2.31. The Morgan fingerprint density at radius 2 is 1.72 bits per heavy atom. The van der Waals surface area contributed by atoms with Crippen molar-refractivity contribution in [1.82, 2.24) is 5.32 Å². The van der Waals surface area contributed by atoms with Crippen LogP contribution in [0.25, 0.3) is 0 Å². The summed E-state index contributed by atoms with van der Waals surface area (Å²) in [6.45, 7) is 15.5. The third kappa shape index (κ3) is 33.4. The molecule has 0 spiro atoms. The second-order valence-corrected chi connectivity index (χ2v) is 5.87. The summed E-state index contributed by atoms with van der Waals surface area (Å²) in [7, 11) is 0. The van der Waals surface area contributed by atoms with Crippen molar-refractivity contribution in [2.24, 2.45) is 22.2 Å². The molecule has 7 nitrogen and oxygen atoms in total. The normalized spacial score (nSPS) is 11.2. The number of nitrogens with zero attached hydrogens (tertiary/aromatic N) is 1. The molecule has 1 aliphatic rings. The second-order valence-electron chi connectivity index (χ2n) is 5.87. The molecule has 8 N–H and O–H groups in total. The number of carbonyl (C=O) groups is 1. The van der Waals surface area contributed by atoms with Crippen LogP contribution in [0.5, 0.6) is 0 Å². The Morgan fingerprint density at radius 3 is 2.00 bits per heavy atom. The summed E-state index contributed by atoms with van der Waals surface area (Å²) >= 11 is 0. The molecule has 0 bridgehead atoms. The van der Waals surface area contributed by atoms with Gasteiger partial charge in [0.05, 0.1) is 12.2 Å². The Kier molecular flexibility index (Phi) is 35.3. The van der Waals surface area contributed by atoms with E-state index < -0.39 is 0 Å². The zero-order chi connectivity index (χ0) is 23.5. The lowest BCUT2D eigenvalue weighted by Crippen LogP contribution is -2.11. The summed E-state index contributed by atoms with van der Waals surface area (Å²) in [6, 6.07) is 0. The van der Waals surface area contributed by atoms with Crippen molar-refractivity contribution in [2.45, 2.75) is 74.1 Å². The van der Waals surface area contributed by atoms with Crippen LogP contribution in [0.3, 0.4) is 0 Å². The van der Waals surface area contributed by atoms with Gasteiger partial charge in [-0.15, -0.1) is 5.92 Å². The molecule has 7 heteroatoms. The number of nitrogens with two attached hydrogens (primary N) is 3. The van der Waals surface area contributed by atoms with Crippen LogP contribution in [0, 0.1) is 17.3 Å². The van der Waals surface area contributed by atoms with Crippen molar-refractivity contribution >= 4 is 18.5 Å². The molecule has 0 aromatic heterocycles. The minimum Gasteiger partial charge on any atom is -0.397 e. The largest absolute Gasteiger partial charge is 0.397 e. The molecule has 1 amide bonds. The smallest absolute Gasteiger partial charge is 0.207 e. The highest BCUT2D eigenvalue weighted by Gasteiger charge is 2.05. The highest BCUT2D eigenvalue weighted by Crippen LogP contribution is 2.11. The standard InChI is InChI=1S/C8H12N4.C4H9NO.C4H7N.2C3H8/c1-5-2-6(10)7(4-9)12-8(11)3-5;1-2-3-5-4-6;1-2-3-4-5;2*1-3-2/h2,4,9H,3,10H2,1H3,(H2,11,12);4H,2-3H2,1H3,(H,5,6);4-5H2,1H3;2*3H2,1-2H3. The number of amidine groups is 1. The van der Waals surface area contributed by atoms with Gasteiger partial charge in [-0.25, -0.2) is 4.99 Å². The van der Waals surface area contributed by atoms with Gasteiger partial charge in [0, 0.05) is 19.2 Å². The molecule has 0 fully saturated rings. The molecule has 0 saturated carbocycles. The van der Waals surface area contributed by atoms with E-state index in [0.29, 0.717) is 36.6 Å². The molecule has 0 aromatic rings. The first kappa shape index (κ1) is 34.0. The second kappa shape index (κ2) is 30.1. The summed E-state index contributed by atoms with van der Waals surface area (Å²) in [5.74, 6) is 5.78. The molecule has 0 atom stereocenters. The van der Waals surface area contributed by atoms with Gasteiger partial charge in [-0.1, -0.05) is 59.0 Å². The van der Waals surface area contributed by atoms with Gasteiger partial charge in [0.2, 0.25) is 6.41 Å². The van der Waals surface area contributed by atoms with Crippen molar-refractivity contribution in [3.63, 3.8) is 0 Å². The van der Waals surface area contributed by atoms with E-state index in [1.807, 2.05) is 13.8 Å². The molecular formula is C22H44N6O. The summed E-state index contributed by atoms with van der Waals surface area (Å²) in [5, 5.41) is 9.54. The Hall–Kier alpha value is -2.59. The topological polar surface area (TPSA) is 143 Å². The van der Waals surface area contributed by atoms with Gasteiger partial charge in [-0.2, -0.15) is 0 Å². The fourth-order valence-corrected chi connectivity index (χ4v) is 1.36. The van der Waals surface area contributed by atoms with Gasteiger partial charge in [0.25, 0.3) is 0 Å². The molecule has 0 aliphatic carbocycles. The first-order valence-electron chi connectivity index (χ1n) is 10.1. The summed E-state index contributed by atoms with van der Waals surface area (Å²) in [5.41, 5.74) is 18.2. The molecule has 29 heavy (non-hydrogen) atoms. The first-order valence-corrected chi connectivity index (χ1v) is 10.1. The lowest BCUT2D eigenvalue weighted by atomic mass is 10.2. The van der Waals surface area contributed by atoms with Crippen molar-refractivity contribution in [3.8, 4) is 11.8 Å². The summed E-state index contributed by atoms with van der Waals surface area (Å²) < 4.78 is 0. The van der Waals surface area contributed by atoms with E-state index in [-0.39, 0.29) is 0 Å². The summed E-state index contributed by atoms with van der Waals surface area (Å²) in [4.78, 5) is 13.4. The van der Waals surface area contributed by atoms with Crippen molar-refractivity contribution < 1.29 is 4.79 Å². The lowest BCUT2D eigenvalue weighted by Gasteiger charge is -1.95. The SMILES string of the molecule is CC#CCN.CC1=CC(N)=C(C=N)N=C(N)C1.CCC.CCC.CCCNC=O. The highest BCUT2D eigenvalue weighted by atomic mass is 16.1. The number of allylic oxidation sites excluding steroid dienone is 2. The molecule has 168 valence electrons. The summed E-state index contributed by atoms with van der Waals surface area (Å²) in [6.07, 6.45) is 7.75. The number of amides is 1. The van der Waals surface area contributed by atoms with E-state index in [9.17, 15) is 4.79 Å². The van der Waals surface area contributed by atoms with Crippen LogP contribution in [0.15, 0.2) is 28.0 Å². The van der Waals surface area contributed by atoms with Crippen LogP contribution < -0.4 is 22.5 Å². The van der Waals surface area contributed by atoms with E-state index in [4.69, 9.17) is 22.6 Å². The average Bonchev–Trinajstić information content (AvgIpc) is 2.79. The maximum Gasteiger partial charge on any atom is 0.207 e. The monoisotopic (exact) mass is 408 g/mol. The van der Waals surface area contributed by atoms with Gasteiger partial charge in [0.15, 0.2) is 0 Å². The molecule has 1 heterocycles. The van der Waals surface area contributed by atoms with Crippen LogP contribution >= 0.6 is 0 Å². The maximum absolute atomic E-state index is 9.45. The quantitative estimate of drug-likeness (QED) is 0.210. The van der Waals surface area contributed by atoms with Crippen molar-refractivity contribution in [3.05, 3.63) is 23.0 Å². The van der Waals surface area contributed by atoms with Crippen molar-refractivity contribution in [2.75, 3.05) is 13.1 Å². The Morgan fingerprint density at radius 1 is 1.21 bits per heavy atom. The number of carbonyl (C=O) groups excluding carboxylic acids is 1. The van der Waals surface area contributed by atoms with Crippen LogP contribution in [0.4, 0.5) is 0 Å². The van der Waals surface area contributed by atoms with Gasteiger partial charge in [0.1, 0.15) is 11.5 Å². The predicted molar refractivity (Wildman–Crippen MR) is 129 cm³/mol.